The van der Waals surface area contributed by atoms with E-state index in [1.807, 2.05) is 45.0 Å². The van der Waals surface area contributed by atoms with Crippen molar-refractivity contribution in [1.82, 2.24) is 5.32 Å². The van der Waals surface area contributed by atoms with Gasteiger partial charge in [0.05, 0.1) is 12.8 Å². The summed E-state index contributed by atoms with van der Waals surface area (Å²) in [6.45, 7) is 6.11. The van der Waals surface area contributed by atoms with Gasteiger partial charge in [0.2, 0.25) is 5.91 Å². The van der Waals surface area contributed by atoms with Crippen molar-refractivity contribution in [3.63, 3.8) is 0 Å². The molecule has 5 heteroatoms. The number of aliphatic carboxylic acids is 1. The van der Waals surface area contributed by atoms with Gasteiger partial charge in [-0.25, -0.2) is 0 Å². The summed E-state index contributed by atoms with van der Waals surface area (Å²) >= 11 is 0. The SMILES string of the molecule is CC(C)(C)C(CC(=O)O)NC(=O)Cc1ccccc1CN. The molecule has 4 N–H and O–H groups in total. The highest BCUT2D eigenvalue weighted by molar-refractivity contribution is 5.80. The van der Waals surface area contributed by atoms with Gasteiger partial charge >= 0.3 is 5.97 Å². The molecule has 116 valence electrons. The van der Waals surface area contributed by atoms with Crippen LogP contribution in [0.4, 0.5) is 0 Å². The van der Waals surface area contributed by atoms with Crippen molar-refractivity contribution in [2.24, 2.45) is 11.1 Å². The van der Waals surface area contributed by atoms with Crippen molar-refractivity contribution in [3.8, 4) is 0 Å². The van der Waals surface area contributed by atoms with Crippen LogP contribution in [0.5, 0.6) is 0 Å². The second kappa shape index (κ2) is 7.22. The van der Waals surface area contributed by atoms with E-state index in [4.69, 9.17) is 10.8 Å². The van der Waals surface area contributed by atoms with Crippen LogP contribution in [0, 0.1) is 5.41 Å². The summed E-state index contributed by atoms with van der Waals surface area (Å²) in [5, 5.41) is 11.8. The molecule has 1 unspecified atom stereocenters. The van der Waals surface area contributed by atoms with E-state index < -0.39 is 12.0 Å². The first-order valence-corrected chi connectivity index (χ1v) is 7.02. The van der Waals surface area contributed by atoms with Gasteiger partial charge in [0.1, 0.15) is 0 Å². The number of carbonyl (C=O) groups excluding carboxylic acids is 1. The summed E-state index contributed by atoms with van der Waals surface area (Å²) in [5.41, 5.74) is 7.14. The van der Waals surface area contributed by atoms with Gasteiger partial charge in [-0.2, -0.15) is 0 Å². The topological polar surface area (TPSA) is 92.4 Å². The molecule has 0 aliphatic carbocycles. The van der Waals surface area contributed by atoms with Crippen LogP contribution in [0.2, 0.25) is 0 Å². The van der Waals surface area contributed by atoms with Crippen molar-refractivity contribution in [1.29, 1.82) is 0 Å². The third-order valence-corrected chi connectivity index (χ3v) is 3.45. The van der Waals surface area contributed by atoms with E-state index >= 15 is 0 Å². The minimum atomic E-state index is -0.919. The summed E-state index contributed by atoms with van der Waals surface area (Å²) in [6, 6.07) is 7.09. The molecule has 1 amide bonds. The molecule has 1 aromatic carbocycles. The van der Waals surface area contributed by atoms with E-state index in [-0.39, 0.29) is 24.2 Å². The number of rotatable bonds is 6. The molecule has 0 bridgehead atoms. The number of amides is 1. The predicted molar refractivity (Wildman–Crippen MR) is 81.7 cm³/mol. The maximum absolute atomic E-state index is 12.2. The van der Waals surface area contributed by atoms with Gasteiger partial charge in [-0.3, -0.25) is 9.59 Å². The minimum Gasteiger partial charge on any atom is -0.481 e. The lowest BCUT2D eigenvalue weighted by Crippen LogP contribution is -2.45. The highest BCUT2D eigenvalue weighted by Gasteiger charge is 2.28. The van der Waals surface area contributed by atoms with Crippen molar-refractivity contribution in [2.45, 2.75) is 46.2 Å². The fourth-order valence-corrected chi connectivity index (χ4v) is 2.10. The van der Waals surface area contributed by atoms with E-state index in [2.05, 4.69) is 5.32 Å². The van der Waals surface area contributed by atoms with Crippen molar-refractivity contribution < 1.29 is 14.7 Å². The van der Waals surface area contributed by atoms with Crippen molar-refractivity contribution in [2.75, 3.05) is 0 Å². The number of nitrogens with one attached hydrogen (secondary N) is 1. The average Bonchev–Trinajstić information content (AvgIpc) is 2.37. The lowest BCUT2D eigenvalue weighted by molar-refractivity contribution is -0.138. The average molecular weight is 292 g/mol. The first-order valence-electron chi connectivity index (χ1n) is 7.02. The first-order chi connectivity index (χ1) is 9.74. The monoisotopic (exact) mass is 292 g/mol. The number of hydrogen-bond donors (Lipinski definition) is 3. The Balaban J connectivity index is 2.76. The zero-order valence-electron chi connectivity index (χ0n) is 12.8. The van der Waals surface area contributed by atoms with E-state index in [0.717, 1.165) is 11.1 Å². The zero-order chi connectivity index (χ0) is 16.0. The maximum Gasteiger partial charge on any atom is 0.305 e. The van der Waals surface area contributed by atoms with Crippen LogP contribution in [-0.2, 0) is 22.6 Å². The molecular weight excluding hydrogens is 268 g/mol. The Kier molecular flexibility index (Phi) is 5.90. The van der Waals surface area contributed by atoms with Crippen molar-refractivity contribution in [3.05, 3.63) is 35.4 Å². The number of carboxylic acid groups (broad SMARTS) is 1. The molecule has 0 fully saturated rings. The molecule has 0 saturated carbocycles. The first kappa shape index (κ1) is 17.2. The lowest BCUT2D eigenvalue weighted by Gasteiger charge is -2.30. The number of carbonyl (C=O) groups is 2. The predicted octanol–water partition coefficient (Wildman–Crippen LogP) is 1.69. The number of hydrogen-bond acceptors (Lipinski definition) is 3. The van der Waals surface area contributed by atoms with Crippen LogP contribution < -0.4 is 11.1 Å². The molecule has 0 spiro atoms. The molecule has 1 atom stereocenters. The highest BCUT2D eigenvalue weighted by Crippen LogP contribution is 2.22. The molecule has 1 rings (SSSR count). The molecule has 0 aromatic heterocycles. The Morgan fingerprint density at radius 2 is 1.81 bits per heavy atom. The molecule has 0 aliphatic rings. The van der Waals surface area contributed by atoms with E-state index in [1.165, 1.54) is 0 Å². The summed E-state index contributed by atoms with van der Waals surface area (Å²) < 4.78 is 0. The normalized spacial score (nSPS) is 12.8. The van der Waals surface area contributed by atoms with Gasteiger partial charge in [-0.1, -0.05) is 45.0 Å². The standard InChI is InChI=1S/C16H24N2O3/c1-16(2,3)13(9-15(20)21)18-14(19)8-11-6-4-5-7-12(11)10-17/h4-7,13H,8-10,17H2,1-3H3,(H,18,19)(H,20,21). The Labute approximate surface area is 125 Å². The second-order valence-corrected chi connectivity index (χ2v) is 6.23. The van der Waals surface area contributed by atoms with Gasteiger partial charge in [0.25, 0.3) is 0 Å². The van der Waals surface area contributed by atoms with Crippen LogP contribution in [0.25, 0.3) is 0 Å². The van der Waals surface area contributed by atoms with E-state index in [1.54, 1.807) is 0 Å². The third kappa shape index (κ3) is 5.55. The second-order valence-electron chi connectivity index (χ2n) is 6.23. The van der Waals surface area contributed by atoms with Crippen LogP contribution in [0.3, 0.4) is 0 Å². The number of nitrogens with two attached hydrogens (primary N) is 1. The molecule has 1 aromatic rings. The van der Waals surface area contributed by atoms with E-state index in [9.17, 15) is 9.59 Å². The molecular formula is C16H24N2O3. The molecule has 21 heavy (non-hydrogen) atoms. The van der Waals surface area contributed by atoms with Crippen LogP contribution in [-0.4, -0.2) is 23.0 Å². The lowest BCUT2D eigenvalue weighted by atomic mass is 9.84. The number of carboxylic acids is 1. The van der Waals surface area contributed by atoms with Gasteiger partial charge in [-0.05, 0) is 16.5 Å². The van der Waals surface area contributed by atoms with Crippen LogP contribution in [0.1, 0.15) is 38.3 Å². The minimum absolute atomic E-state index is 0.0895. The molecule has 5 nitrogen and oxygen atoms in total. The Hall–Kier alpha value is -1.88. The van der Waals surface area contributed by atoms with Gasteiger partial charge in [0, 0.05) is 12.6 Å². The van der Waals surface area contributed by atoms with Crippen LogP contribution >= 0.6 is 0 Å². The van der Waals surface area contributed by atoms with Crippen molar-refractivity contribution >= 4 is 11.9 Å². The number of benzene rings is 1. The van der Waals surface area contributed by atoms with Gasteiger partial charge in [-0.15, -0.1) is 0 Å². The quantitative estimate of drug-likeness (QED) is 0.744. The molecule has 0 aliphatic heterocycles. The molecule has 0 heterocycles. The summed E-state index contributed by atoms with van der Waals surface area (Å²) in [7, 11) is 0. The molecule has 0 radical (unpaired) electrons. The zero-order valence-corrected chi connectivity index (χ0v) is 12.8. The Morgan fingerprint density at radius 1 is 1.24 bits per heavy atom. The third-order valence-electron chi connectivity index (χ3n) is 3.45. The van der Waals surface area contributed by atoms with Gasteiger partial charge < -0.3 is 16.2 Å². The Morgan fingerprint density at radius 3 is 2.29 bits per heavy atom. The Bertz CT molecular complexity index is 506. The summed E-state index contributed by atoms with van der Waals surface area (Å²) in [4.78, 5) is 23.1. The molecule has 0 saturated heterocycles. The fourth-order valence-electron chi connectivity index (χ4n) is 2.10. The fraction of sp³-hybridized carbons (Fsp3) is 0.500. The van der Waals surface area contributed by atoms with Gasteiger partial charge in [0.15, 0.2) is 0 Å². The maximum atomic E-state index is 12.2. The van der Waals surface area contributed by atoms with Crippen LogP contribution in [0.15, 0.2) is 24.3 Å². The largest absolute Gasteiger partial charge is 0.481 e. The smallest absolute Gasteiger partial charge is 0.305 e. The summed E-state index contributed by atoms with van der Waals surface area (Å²) in [6.07, 6.45) is 0.118. The van der Waals surface area contributed by atoms with E-state index in [0.29, 0.717) is 6.54 Å². The highest BCUT2D eigenvalue weighted by atomic mass is 16.4. The summed E-state index contributed by atoms with van der Waals surface area (Å²) in [5.74, 6) is -1.10.